The van der Waals surface area contributed by atoms with Crippen molar-refractivity contribution in [3.05, 3.63) is 24.0 Å². The Morgan fingerprint density at radius 3 is 3.36 bits per heavy atom. The van der Waals surface area contributed by atoms with Gasteiger partial charge in [0.1, 0.15) is 0 Å². The van der Waals surface area contributed by atoms with E-state index in [-0.39, 0.29) is 0 Å². The van der Waals surface area contributed by atoms with Crippen LogP contribution in [0.5, 0.6) is 0 Å². The summed E-state index contributed by atoms with van der Waals surface area (Å²) in [7, 11) is 0. The van der Waals surface area contributed by atoms with Gasteiger partial charge in [-0.25, -0.2) is 0 Å². The molecule has 1 aromatic rings. The normalized spacial score (nSPS) is 23.2. The van der Waals surface area contributed by atoms with E-state index in [1.54, 1.807) is 0 Å². The van der Waals surface area contributed by atoms with Crippen LogP contribution in [0.1, 0.15) is 37.9 Å². The van der Waals surface area contributed by atoms with Gasteiger partial charge in [-0.05, 0) is 37.8 Å². The summed E-state index contributed by atoms with van der Waals surface area (Å²) in [6, 6.07) is 5.21. The number of hydrogen-bond donors (Lipinski definition) is 0. The lowest BCUT2D eigenvalue weighted by Crippen LogP contribution is -2.15. The highest BCUT2D eigenvalue weighted by molar-refractivity contribution is 5.10. The average molecular weight is 149 g/mol. The van der Waals surface area contributed by atoms with Gasteiger partial charge in [-0.3, -0.25) is 0 Å². The predicted octanol–water partition coefficient (Wildman–Crippen LogP) is 2.78. The lowest BCUT2D eigenvalue weighted by Gasteiger charge is -2.24. The molecule has 1 heteroatoms. The molecule has 1 aromatic heterocycles. The van der Waals surface area contributed by atoms with Gasteiger partial charge in [0, 0.05) is 17.9 Å². The Bertz CT molecular complexity index is 237. The van der Waals surface area contributed by atoms with Crippen LogP contribution in [0.2, 0.25) is 0 Å². The molecule has 2 rings (SSSR count). The summed E-state index contributed by atoms with van der Waals surface area (Å²) < 4.78 is 2.45. The first kappa shape index (κ1) is 6.96. The summed E-state index contributed by atoms with van der Waals surface area (Å²) in [6.07, 6.45) is 7.54. The van der Waals surface area contributed by atoms with Crippen molar-refractivity contribution >= 4 is 0 Å². The van der Waals surface area contributed by atoms with Crippen LogP contribution < -0.4 is 0 Å². The van der Waals surface area contributed by atoms with Crippen molar-refractivity contribution in [1.29, 1.82) is 0 Å². The highest BCUT2D eigenvalue weighted by atomic mass is 15.0. The van der Waals surface area contributed by atoms with E-state index in [4.69, 9.17) is 0 Å². The van der Waals surface area contributed by atoms with Crippen LogP contribution in [0.3, 0.4) is 0 Å². The Balaban J connectivity index is 2.32. The smallest absolute Gasteiger partial charge is 0.0330 e. The molecule has 1 aliphatic heterocycles. The van der Waals surface area contributed by atoms with Crippen molar-refractivity contribution in [2.75, 3.05) is 0 Å². The van der Waals surface area contributed by atoms with Crippen LogP contribution in [0.25, 0.3) is 0 Å². The Morgan fingerprint density at radius 2 is 2.55 bits per heavy atom. The minimum atomic E-state index is 0.786. The van der Waals surface area contributed by atoms with E-state index in [2.05, 4.69) is 29.8 Å². The van der Waals surface area contributed by atoms with Crippen molar-refractivity contribution in [2.24, 2.45) is 0 Å². The first-order valence-corrected chi connectivity index (χ1v) is 4.57. The molecule has 0 saturated heterocycles. The Kier molecular flexibility index (Phi) is 1.72. The third kappa shape index (κ3) is 1.09. The van der Waals surface area contributed by atoms with E-state index in [0.717, 1.165) is 6.04 Å². The zero-order chi connectivity index (χ0) is 7.68. The number of rotatable bonds is 1. The molecule has 1 nitrogen and oxygen atoms in total. The molecular formula is C10H15N. The number of fused-ring (bicyclic) bond motifs is 1. The maximum Gasteiger partial charge on any atom is 0.0330 e. The fourth-order valence-electron chi connectivity index (χ4n) is 2.06. The summed E-state index contributed by atoms with van der Waals surface area (Å²) in [6.45, 7) is 2.28. The molecule has 0 N–H and O–H groups in total. The molecule has 0 spiro atoms. The fraction of sp³-hybridized carbons (Fsp3) is 0.600. The van der Waals surface area contributed by atoms with Crippen molar-refractivity contribution in [1.82, 2.24) is 4.57 Å². The molecule has 1 aliphatic rings. The zero-order valence-corrected chi connectivity index (χ0v) is 7.09. The number of hydrogen-bond acceptors (Lipinski definition) is 0. The second kappa shape index (κ2) is 2.72. The van der Waals surface area contributed by atoms with Gasteiger partial charge in [0.15, 0.2) is 0 Å². The first-order chi connectivity index (χ1) is 5.42. The molecule has 0 aromatic carbocycles. The Labute approximate surface area is 68.0 Å². The largest absolute Gasteiger partial charge is 0.348 e. The van der Waals surface area contributed by atoms with Gasteiger partial charge in [0.25, 0.3) is 0 Å². The highest BCUT2D eigenvalue weighted by Crippen LogP contribution is 2.26. The number of nitrogens with zero attached hydrogens (tertiary/aromatic N) is 1. The summed E-state index contributed by atoms with van der Waals surface area (Å²) in [4.78, 5) is 0. The molecule has 0 bridgehead atoms. The van der Waals surface area contributed by atoms with Crippen LogP contribution >= 0.6 is 0 Å². The summed E-state index contributed by atoms with van der Waals surface area (Å²) in [5.41, 5.74) is 1.53. The maximum atomic E-state index is 2.45. The van der Waals surface area contributed by atoms with E-state index >= 15 is 0 Å². The van der Waals surface area contributed by atoms with Gasteiger partial charge in [0.05, 0.1) is 0 Å². The van der Waals surface area contributed by atoms with Crippen LogP contribution in [0.4, 0.5) is 0 Å². The maximum absolute atomic E-state index is 2.45. The summed E-state index contributed by atoms with van der Waals surface area (Å²) in [5.74, 6) is 0. The highest BCUT2D eigenvalue weighted by Gasteiger charge is 2.15. The lowest BCUT2D eigenvalue weighted by atomic mass is 10.0. The van der Waals surface area contributed by atoms with Gasteiger partial charge in [-0.2, -0.15) is 0 Å². The molecule has 0 amide bonds. The number of aryl methyl sites for hydroxylation is 1. The molecule has 1 atom stereocenters. The monoisotopic (exact) mass is 149 g/mol. The standard InChI is InChI=1S/C10H15N/c1-2-9-5-3-6-10-7-4-8-11(9)10/h4,7-9H,2-3,5-6H2,1H3/t9-/m1/s1. The van der Waals surface area contributed by atoms with E-state index in [1.807, 2.05) is 0 Å². The zero-order valence-electron chi connectivity index (χ0n) is 7.09. The third-order valence-corrected chi connectivity index (χ3v) is 2.70. The molecule has 0 radical (unpaired) electrons. The second-order valence-electron chi connectivity index (χ2n) is 3.36. The number of aromatic nitrogens is 1. The SMILES string of the molecule is CC[C@@H]1CCCc2cccn21. The fourth-order valence-corrected chi connectivity index (χ4v) is 2.06. The molecule has 11 heavy (non-hydrogen) atoms. The van der Waals surface area contributed by atoms with Crippen molar-refractivity contribution < 1.29 is 0 Å². The third-order valence-electron chi connectivity index (χ3n) is 2.70. The van der Waals surface area contributed by atoms with Gasteiger partial charge in [-0.15, -0.1) is 0 Å². The minimum Gasteiger partial charge on any atom is -0.348 e. The van der Waals surface area contributed by atoms with Crippen molar-refractivity contribution in [2.45, 2.75) is 38.6 Å². The van der Waals surface area contributed by atoms with E-state index in [1.165, 1.54) is 31.4 Å². The molecule has 0 saturated carbocycles. The Hall–Kier alpha value is -0.720. The Morgan fingerprint density at radius 1 is 1.64 bits per heavy atom. The van der Waals surface area contributed by atoms with Crippen LogP contribution in [0, 0.1) is 0 Å². The van der Waals surface area contributed by atoms with Crippen molar-refractivity contribution in [3.8, 4) is 0 Å². The molecule has 0 unspecified atom stereocenters. The van der Waals surface area contributed by atoms with E-state index in [0.29, 0.717) is 0 Å². The molecule has 60 valence electrons. The summed E-state index contributed by atoms with van der Waals surface area (Å²) in [5, 5.41) is 0. The predicted molar refractivity (Wildman–Crippen MR) is 46.7 cm³/mol. The van der Waals surface area contributed by atoms with Gasteiger partial charge in [-0.1, -0.05) is 6.92 Å². The average Bonchev–Trinajstić information content (AvgIpc) is 2.50. The topological polar surface area (TPSA) is 4.93 Å². The lowest BCUT2D eigenvalue weighted by molar-refractivity contribution is 0.392. The molecular weight excluding hydrogens is 134 g/mol. The minimum absolute atomic E-state index is 0.786. The quantitative estimate of drug-likeness (QED) is 0.578. The molecule has 2 heterocycles. The van der Waals surface area contributed by atoms with Crippen molar-refractivity contribution in [3.63, 3.8) is 0 Å². The first-order valence-electron chi connectivity index (χ1n) is 4.57. The summed E-state index contributed by atoms with van der Waals surface area (Å²) >= 11 is 0. The van der Waals surface area contributed by atoms with E-state index in [9.17, 15) is 0 Å². The molecule has 0 aliphatic carbocycles. The van der Waals surface area contributed by atoms with Crippen LogP contribution in [-0.4, -0.2) is 4.57 Å². The van der Waals surface area contributed by atoms with Crippen LogP contribution in [-0.2, 0) is 6.42 Å². The van der Waals surface area contributed by atoms with E-state index < -0.39 is 0 Å². The molecule has 0 fully saturated rings. The second-order valence-corrected chi connectivity index (χ2v) is 3.36. The van der Waals surface area contributed by atoms with Gasteiger partial charge in [0.2, 0.25) is 0 Å². The van der Waals surface area contributed by atoms with Crippen LogP contribution in [0.15, 0.2) is 18.3 Å². The van der Waals surface area contributed by atoms with Gasteiger partial charge >= 0.3 is 0 Å². The van der Waals surface area contributed by atoms with Gasteiger partial charge < -0.3 is 4.57 Å².